The molecule has 0 fully saturated rings. The lowest BCUT2D eigenvalue weighted by Gasteiger charge is -2.38. The van der Waals surface area contributed by atoms with Crippen molar-refractivity contribution in [2.24, 2.45) is 0 Å². The van der Waals surface area contributed by atoms with Crippen molar-refractivity contribution in [2.75, 3.05) is 6.54 Å². The summed E-state index contributed by atoms with van der Waals surface area (Å²) in [4.78, 5) is 0. The van der Waals surface area contributed by atoms with Crippen molar-refractivity contribution in [3.63, 3.8) is 0 Å². The Hall–Kier alpha value is 0.580. The molecule has 0 rings (SSSR count). The molecule has 0 radical (unpaired) electrons. The molecule has 0 saturated carbocycles. The van der Waals surface area contributed by atoms with Crippen LogP contribution in [0.3, 0.4) is 0 Å². The molecule has 0 aromatic carbocycles. The molecular formula is C14H33N3S2. The van der Waals surface area contributed by atoms with E-state index in [0.717, 1.165) is 25.8 Å². The van der Waals surface area contributed by atoms with Crippen LogP contribution in [0.1, 0.15) is 72.6 Å². The largest absolute Gasteiger partial charge is 0.239 e. The van der Waals surface area contributed by atoms with Crippen LogP contribution in [-0.4, -0.2) is 21.9 Å². The van der Waals surface area contributed by atoms with Crippen molar-refractivity contribution in [2.45, 2.75) is 82.9 Å². The maximum absolute atomic E-state index is 4.64. The minimum absolute atomic E-state index is 0.465. The molecule has 0 aromatic heterocycles. The predicted molar refractivity (Wildman–Crippen MR) is 92.5 cm³/mol. The molecule has 0 aliphatic rings. The molecule has 0 aliphatic carbocycles. The fourth-order valence-corrected chi connectivity index (χ4v) is 2.09. The molecule has 0 aliphatic heterocycles. The molecule has 0 amide bonds. The van der Waals surface area contributed by atoms with E-state index in [-0.39, 0.29) is 0 Å². The van der Waals surface area contributed by atoms with E-state index in [2.05, 4.69) is 63.8 Å². The Morgan fingerprint density at radius 2 is 1.63 bits per heavy atom. The summed E-state index contributed by atoms with van der Waals surface area (Å²) in [6.45, 7) is 9.70. The smallest absolute Gasteiger partial charge is 0.136 e. The van der Waals surface area contributed by atoms with E-state index >= 15 is 0 Å². The Labute approximate surface area is 131 Å². The Kier molecular flexibility index (Phi) is 11.6. The maximum Gasteiger partial charge on any atom is 0.136 e. The highest BCUT2D eigenvalue weighted by atomic mass is 32.2. The first-order valence-corrected chi connectivity index (χ1v) is 8.65. The van der Waals surface area contributed by atoms with Crippen LogP contribution < -0.4 is 10.9 Å². The highest BCUT2D eigenvalue weighted by Gasteiger charge is 2.28. The molecule has 116 valence electrons. The van der Waals surface area contributed by atoms with Gasteiger partial charge in [0.05, 0.1) is 0 Å². The Morgan fingerprint density at radius 3 is 2.11 bits per heavy atom. The molecule has 0 bridgehead atoms. The number of nitrogens with one attached hydrogen (secondary N) is 2. The first-order chi connectivity index (χ1) is 9.01. The van der Waals surface area contributed by atoms with Crippen LogP contribution in [-0.2, 0) is 0 Å². The summed E-state index contributed by atoms with van der Waals surface area (Å²) in [6, 6.07) is 0.466. The van der Waals surface area contributed by atoms with Gasteiger partial charge in [0.25, 0.3) is 0 Å². The molecule has 0 atom stereocenters. The third-order valence-corrected chi connectivity index (χ3v) is 4.46. The summed E-state index contributed by atoms with van der Waals surface area (Å²) < 4.78 is -0.465. The van der Waals surface area contributed by atoms with Crippen molar-refractivity contribution in [1.29, 1.82) is 0 Å². The summed E-state index contributed by atoms with van der Waals surface area (Å²) in [6.07, 6.45) is 8.11. The summed E-state index contributed by atoms with van der Waals surface area (Å²) in [5.74, 6) is 0. The lowest BCUT2D eigenvalue weighted by molar-refractivity contribution is 0.0586. The number of rotatable bonds is 12. The maximum atomic E-state index is 4.64. The average molecular weight is 308 g/mol. The lowest BCUT2D eigenvalue weighted by atomic mass is 10.2. The summed E-state index contributed by atoms with van der Waals surface area (Å²) in [7, 11) is 0. The van der Waals surface area contributed by atoms with Gasteiger partial charge in [-0.2, -0.15) is 5.12 Å². The third kappa shape index (κ3) is 8.45. The normalized spacial score (nSPS) is 12.6. The zero-order chi connectivity index (χ0) is 14.7. The number of thiol groups is 2. The highest BCUT2D eigenvalue weighted by Crippen LogP contribution is 2.26. The van der Waals surface area contributed by atoms with Gasteiger partial charge in [-0.1, -0.05) is 47.0 Å². The third-order valence-electron chi connectivity index (χ3n) is 3.43. The average Bonchev–Trinajstić information content (AvgIpc) is 2.41. The molecule has 0 heterocycles. The van der Waals surface area contributed by atoms with Crippen molar-refractivity contribution in [3.8, 4) is 0 Å². The highest BCUT2D eigenvalue weighted by molar-refractivity contribution is 8.00. The van der Waals surface area contributed by atoms with Crippen molar-refractivity contribution in [3.05, 3.63) is 0 Å². The Morgan fingerprint density at radius 1 is 1.00 bits per heavy atom. The minimum Gasteiger partial charge on any atom is -0.239 e. The molecule has 19 heavy (non-hydrogen) atoms. The van der Waals surface area contributed by atoms with Gasteiger partial charge in [0.15, 0.2) is 0 Å². The van der Waals surface area contributed by atoms with Gasteiger partial charge in [0.2, 0.25) is 0 Å². The van der Waals surface area contributed by atoms with E-state index in [1.807, 2.05) is 5.12 Å². The van der Waals surface area contributed by atoms with Gasteiger partial charge >= 0.3 is 0 Å². The Bertz CT molecular complexity index is 209. The van der Waals surface area contributed by atoms with Gasteiger partial charge < -0.3 is 0 Å². The molecule has 3 nitrogen and oxygen atoms in total. The number of nitrogens with zero attached hydrogens (tertiary/aromatic N) is 1. The van der Waals surface area contributed by atoms with Crippen molar-refractivity contribution in [1.82, 2.24) is 16.0 Å². The van der Waals surface area contributed by atoms with Gasteiger partial charge in [0.1, 0.15) is 4.20 Å². The standard InChI is InChI=1S/C14H33N3S2/c1-5-9-10-11-12-15-17(14(18,19)8-4)16-13(6-2)7-3/h13,15-16,18-19H,5-12H2,1-4H3. The predicted octanol–water partition coefficient (Wildman–Crippen LogP) is 3.99. The van der Waals surface area contributed by atoms with E-state index < -0.39 is 4.20 Å². The molecule has 2 N–H and O–H groups in total. The van der Waals surface area contributed by atoms with Gasteiger partial charge in [-0.25, -0.2) is 10.9 Å². The van der Waals surface area contributed by atoms with Gasteiger partial charge in [0, 0.05) is 12.6 Å². The van der Waals surface area contributed by atoms with E-state index in [4.69, 9.17) is 0 Å². The SMILES string of the molecule is CCCCCCNN(NC(CC)CC)C(S)(S)CC. The van der Waals surface area contributed by atoms with E-state index in [1.165, 1.54) is 25.7 Å². The first kappa shape index (κ1) is 19.6. The molecule has 0 aromatic rings. The zero-order valence-corrected chi connectivity index (χ0v) is 14.9. The number of hydrogen-bond acceptors (Lipinski definition) is 5. The molecule has 0 saturated heterocycles. The zero-order valence-electron chi connectivity index (χ0n) is 13.1. The summed E-state index contributed by atoms with van der Waals surface area (Å²) in [5.41, 5.74) is 6.94. The second kappa shape index (κ2) is 11.3. The quantitative estimate of drug-likeness (QED) is 0.190. The lowest BCUT2D eigenvalue weighted by Crippen LogP contribution is -2.59. The fourth-order valence-electron chi connectivity index (χ4n) is 1.83. The summed E-state index contributed by atoms with van der Waals surface area (Å²) >= 11 is 9.28. The topological polar surface area (TPSA) is 27.3 Å². The van der Waals surface area contributed by atoms with Crippen LogP contribution in [0.2, 0.25) is 0 Å². The summed E-state index contributed by atoms with van der Waals surface area (Å²) in [5, 5.41) is 1.99. The molecular weight excluding hydrogens is 274 g/mol. The number of hydrazine groups is 2. The molecule has 5 heteroatoms. The molecule has 0 spiro atoms. The Balaban J connectivity index is 4.26. The number of unbranched alkanes of at least 4 members (excludes halogenated alkanes) is 3. The van der Waals surface area contributed by atoms with Gasteiger partial charge in [-0.05, 0) is 25.7 Å². The second-order valence-corrected chi connectivity index (χ2v) is 6.91. The number of hydrogen-bond donors (Lipinski definition) is 4. The van der Waals surface area contributed by atoms with Crippen molar-refractivity contribution >= 4 is 25.3 Å². The fraction of sp³-hybridized carbons (Fsp3) is 1.00. The van der Waals surface area contributed by atoms with Crippen LogP contribution in [0.5, 0.6) is 0 Å². The van der Waals surface area contributed by atoms with Gasteiger partial charge in [-0.3, -0.25) is 0 Å². The van der Waals surface area contributed by atoms with E-state index in [1.54, 1.807) is 0 Å². The second-order valence-electron chi connectivity index (χ2n) is 5.07. The van der Waals surface area contributed by atoms with Crippen LogP contribution in [0, 0.1) is 0 Å². The molecule has 0 unspecified atom stereocenters. The van der Waals surface area contributed by atoms with Crippen LogP contribution in [0.4, 0.5) is 0 Å². The van der Waals surface area contributed by atoms with E-state index in [0.29, 0.717) is 6.04 Å². The van der Waals surface area contributed by atoms with Crippen LogP contribution in [0.15, 0.2) is 0 Å². The van der Waals surface area contributed by atoms with Crippen LogP contribution >= 0.6 is 25.3 Å². The van der Waals surface area contributed by atoms with E-state index in [9.17, 15) is 0 Å². The van der Waals surface area contributed by atoms with Crippen LogP contribution in [0.25, 0.3) is 0 Å². The first-order valence-electron chi connectivity index (χ1n) is 7.76. The minimum atomic E-state index is -0.465. The van der Waals surface area contributed by atoms with Gasteiger partial charge in [-0.15, -0.1) is 25.3 Å². The monoisotopic (exact) mass is 307 g/mol. The van der Waals surface area contributed by atoms with Crippen molar-refractivity contribution < 1.29 is 0 Å².